The van der Waals surface area contributed by atoms with Crippen LogP contribution < -0.4 is 0 Å². The van der Waals surface area contributed by atoms with Crippen molar-refractivity contribution in [2.24, 2.45) is 0 Å². The highest BCUT2D eigenvalue weighted by Gasteiger charge is 1.87. The second kappa shape index (κ2) is 4.05. The van der Waals surface area contributed by atoms with Crippen LogP contribution in [0.4, 0.5) is 0 Å². The van der Waals surface area contributed by atoms with Gasteiger partial charge in [-0.05, 0) is 18.2 Å². The molecule has 0 spiro atoms. The molecule has 2 nitrogen and oxygen atoms in total. The zero-order valence-corrected chi connectivity index (χ0v) is 6.41. The van der Waals surface area contributed by atoms with Crippen molar-refractivity contribution in [3.8, 4) is 23.7 Å². The quantitative estimate of drug-likeness (QED) is 0.582. The lowest BCUT2D eigenvalue weighted by molar-refractivity contribution is 0.475. The second-order valence-electron chi connectivity index (χ2n) is 2.19. The molecule has 12 heavy (non-hydrogen) atoms. The van der Waals surface area contributed by atoms with E-state index in [9.17, 15) is 0 Å². The molecule has 1 rings (SSSR count). The lowest BCUT2D eigenvalue weighted by atomic mass is 10.2. The summed E-state index contributed by atoms with van der Waals surface area (Å²) >= 11 is 0. The monoisotopic (exact) mass is 157 g/mol. The molecule has 0 saturated heterocycles. The molecule has 1 aromatic carbocycles. The summed E-state index contributed by atoms with van der Waals surface area (Å²) < 4.78 is 0. The van der Waals surface area contributed by atoms with E-state index in [1.807, 2.05) is 6.07 Å². The summed E-state index contributed by atoms with van der Waals surface area (Å²) in [4.78, 5) is 0. The van der Waals surface area contributed by atoms with Crippen LogP contribution in [-0.2, 0) is 0 Å². The van der Waals surface area contributed by atoms with Crippen molar-refractivity contribution in [2.45, 2.75) is 6.42 Å². The number of rotatable bonds is 0. The Bertz CT molecular complexity index is 365. The van der Waals surface area contributed by atoms with Gasteiger partial charge >= 0.3 is 0 Å². The van der Waals surface area contributed by atoms with Crippen molar-refractivity contribution in [3.63, 3.8) is 0 Å². The lowest BCUT2D eigenvalue weighted by Gasteiger charge is -1.90. The second-order valence-corrected chi connectivity index (χ2v) is 2.19. The minimum Gasteiger partial charge on any atom is -0.508 e. The summed E-state index contributed by atoms with van der Waals surface area (Å²) in [7, 11) is 0. The first kappa shape index (κ1) is 8.17. The minimum atomic E-state index is 0.193. The van der Waals surface area contributed by atoms with Crippen LogP contribution in [0, 0.1) is 23.2 Å². The molecule has 0 aliphatic heterocycles. The van der Waals surface area contributed by atoms with Gasteiger partial charge in [-0.25, -0.2) is 0 Å². The van der Waals surface area contributed by atoms with Gasteiger partial charge in [0.25, 0.3) is 0 Å². The SMILES string of the molecule is N#CCC#Cc1cccc(O)c1. The van der Waals surface area contributed by atoms with Gasteiger partial charge in [-0.2, -0.15) is 5.26 Å². The van der Waals surface area contributed by atoms with Crippen LogP contribution in [0.5, 0.6) is 5.75 Å². The van der Waals surface area contributed by atoms with E-state index in [1.165, 1.54) is 0 Å². The molecular weight excluding hydrogens is 150 g/mol. The molecule has 0 amide bonds. The van der Waals surface area contributed by atoms with Crippen molar-refractivity contribution < 1.29 is 5.11 Å². The summed E-state index contributed by atoms with van der Waals surface area (Å²) in [6.07, 6.45) is 0.218. The third-order valence-electron chi connectivity index (χ3n) is 1.25. The minimum absolute atomic E-state index is 0.193. The molecule has 0 bridgehead atoms. The van der Waals surface area contributed by atoms with E-state index in [2.05, 4.69) is 11.8 Å². The van der Waals surface area contributed by atoms with Gasteiger partial charge in [0.15, 0.2) is 0 Å². The van der Waals surface area contributed by atoms with Gasteiger partial charge in [-0.15, -0.1) is 0 Å². The van der Waals surface area contributed by atoms with Crippen LogP contribution in [0.3, 0.4) is 0 Å². The summed E-state index contributed by atoms with van der Waals surface area (Å²) in [5.74, 6) is 5.60. The Morgan fingerprint density at radius 3 is 2.92 bits per heavy atom. The molecule has 0 aromatic heterocycles. The maximum Gasteiger partial charge on any atom is 0.116 e. The zero-order valence-electron chi connectivity index (χ0n) is 6.41. The van der Waals surface area contributed by atoms with E-state index in [4.69, 9.17) is 10.4 Å². The normalized spacial score (nSPS) is 7.92. The summed E-state index contributed by atoms with van der Waals surface area (Å²) in [6, 6.07) is 8.55. The molecule has 0 saturated carbocycles. The van der Waals surface area contributed by atoms with E-state index < -0.39 is 0 Å². The topological polar surface area (TPSA) is 44.0 Å². The third kappa shape index (κ3) is 2.36. The van der Waals surface area contributed by atoms with E-state index in [0.29, 0.717) is 0 Å². The van der Waals surface area contributed by atoms with Gasteiger partial charge in [0.1, 0.15) is 5.75 Å². The zero-order chi connectivity index (χ0) is 8.81. The van der Waals surface area contributed by atoms with Crippen LogP contribution in [0.15, 0.2) is 24.3 Å². The summed E-state index contributed by atoms with van der Waals surface area (Å²) in [6.45, 7) is 0. The summed E-state index contributed by atoms with van der Waals surface area (Å²) in [5, 5.41) is 17.2. The van der Waals surface area contributed by atoms with E-state index >= 15 is 0 Å². The van der Waals surface area contributed by atoms with Crippen LogP contribution in [-0.4, -0.2) is 5.11 Å². The first-order chi connectivity index (χ1) is 5.83. The molecular formula is C10H7NO. The molecule has 0 atom stereocenters. The average molecular weight is 157 g/mol. The number of nitrogens with zero attached hydrogens (tertiary/aromatic N) is 1. The Labute approximate surface area is 71.1 Å². The first-order valence-electron chi connectivity index (χ1n) is 3.48. The fourth-order valence-electron chi connectivity index (χ4n) is 0.769. The van der Waals surface area contributed by atoms with Crippen molar-refractivity contribution in [2.75, 3.05) is 0 Å². The number of hydrogen-bond acceptors (Lipinski definition) is 2. The van der Waals surface area contributed by atoms with Crippen molar-refractivity contribution >= 4 is 0 Å². The molecule has 0 fully saturated rings. The number of aromatic hydroxyl groups is 1. The Morgan fingerprint density at radius 1 is 1.42 bits per heavy atom. The number of nitriles is 1. The standard InChI is InChI=1S/C10H7NO/c11-7-2-1-4-9-5-3-6-10(12)8-9/h3,5-6,8,12H,2H2. The molecule has 0 aliphatic carbocycles. The third-order valence-corrected chi connectivity index (χ3v) is 1.25. The fraction of sp³-hybridized carbons (Fsp3) is 0.100. The first-order valence-corrected chi connectivity index (χ1v) is 3.48. The molecule has 1 aromatic rings. The van der Waals surface area contributed by atoms with Gasteiger partial charge in [0, 0.05) is 5.56 Å². The average Bonchev–Trinajstić information content (AvgIpc) is 2.05. The van der Waals surface area contributed by atoms with Crippen molar-refractivity contribution in [3.05, 3.63) is 29.8 Å². The molecule has 58 valence electrons. The molecule has 0 radical (unpaired) electrons. The van der Waals surface area contributed by atoms with Crippen LogP contribution in [0.1, 0.15) is 12.0 Å². The lowest BCUT2D eigenvalue weighted by Crippen LogP contribution is -1.72. The van der Waals surface area contributed by atoms with Gasteiger partial charge in [-0.3, -0.25) is 0 Å². The maximum absolute atomic E-state index is 9.04. The number of phenols is 1. The summed E-state index contributed by atoms with van der Waals surface area (Å²) in [5.41, 5.74) is 0.727. The van der Waals surface area contributed by atoms with Gasteiger partial charge in [0.2, 0.25) is 0 Å². The highest BCUT2D eigenvalue weighted by Crippen LogP contribution is 2.09. The molecule has 0 unspecified atom stereocenters. The van der Waals surface area contributed by atoms with Crippen molar-refractivity contribution in [1.82, 2.24) is 0 Å². The Kier molecular flexibility index (Phi) is 2.76. The largest absolute Gasteiger partial charge is 0.508 e. The van der Waals surface area contributed by atoms with Gasteiger partial charge in [-0.1, -0.05) is 17.9 Å². The Balaban J connectivity index is 2.79. The van der Waals surface area contributed by atoms with Gasteiger partial charge in [0.05, 0.1) is 12.5 Å². The van der Waals surface area contributed by atoms with Crippen LogP contribution in [0.25, 0.3) is 0 Å². The van der Waals surface area contributed by atoms with E-state index in [-0.39, 0.29) is 12.2 Å². The van der Waals surface area contributed by atoms with Crippen LogP contribution in [0.2, 0.25) is 0 Å². The predicted octanol–water partition coefficient (Wildman–Crippen LogP) is 1.66. The number of phenolic OH excluding ortho intramolecular Hbond substituents is 1. The van der Waals surface area contributed by atoms with Crippen molar-refractivity contribution in [1.29, 1.82) is 5.26 Å². The smallest absolute Gasteiger partial charge is 0.116 e. The molecule has 2 heteroatoms. The Morgan fingerprint density at radius 2 is 2.25 bits per heavy atom. The molecule has 1 N–H and O–H groups in total. The highest BCUT2D eigenvalue weighted by atomic mass is 16.3. The Hall–Kier alpha value is -1.93. The maximum atomic E-state index is 9.04. The number of hydrogen-bond donors (Lipinski definition) is 1. The molecule has 0 heterocycles. The fourth-order valence-corrected chi connectivity index (χ4v) is 0.769. The van der Waals surface area contributed by atoms with E-state index in [1.54, 1.807) is 24.3 Å². The van der Waals surface area contributed by atoms with E-state index in [0.717, 1.165) is 5.56 Å². The van der Waals surface area contributed by atoms with Gasteiger partial charge < -0.3 is 5.11 Å². The predicted molar refractivity (Wildman–Crippen MR) is 45.2 cm³/mol. The molecule has 0 aliphatic rings. The van der Waals surface area contributed by atoms with Crippen LogP contribution >= 0.6 is 0 Å². The highest BCUT2D eigenvalue weighted by molar-refractivity contribution is 5.39. The number of benzene rings is 1.